The number of nitro benzene ring substituents is 3. The van der Waals surface area contributed by atoms with Crippen LogP contribution >= 0.6 is 0 Å². The zero-order valence-electron chi connectivity index (χ0n) is 12.0. The first-order valence-electron chi connectivity index (χ1n) is 6.44. The van der Waals surface area contributed by atoms with Crippen molar-refractivity contribution in [3.8, 4) is 0 Å². The van der Waals surface area contributed by atoms with Crippen molar-refractivity contribution in [1.82, 2.24) is 0 Å². The molecule has 0 spiro atoms. The lowest BCUT2D eigenvalue weighted by molar-refractivity contribution is -0.401. The molecule has 0 atom stereocenters. The lowest BCUT2D eigenvalue weighted by Crippen LogP contribution is -2.03. The molecular weight excluding hydrogens is 320 g/mol. The molecule has 0 aliphatic rings. The fourth-order valence-electron chi connectivity index (χ4n) is 1.97. The van der Waals surface area contributed by atoms with E-state index in [2.05, 4.69) is 11.9 Å². The molecule has 0 radical (unpaired) electrons. The van der Waals surface area contributed by atoms with E-state index in [9.17, 15) is 30.3 Å². The predicted molar refractivity (Wildman–Crippen MR) is 86.2 cm³/mol. The molecule has 1 N–H and O–H groups in total. The van der Waals surface area contributed by atoms with Crippen molar-refractivity contribution in [3.63, 3.8) is 0 Å². The average Bonchev–Trinajstić information content (AvgIpc) is 2.54. The second kappa shape index (κ2) is 6.52. The topological polar surface area (TPSA) is 141 Å². The maximum atomic E-state index is 11.2. The standard InChI is InChI=1S/C14H10N4O6/c1-2-9-3-5-10(6-4-9)15-14-12(17(21)22)7-11(16(19)20)8-13(14)18(23)24/h2-8,15H,1H2. The molecule has 2 rings (SSSR count). The van der Waals surface area contributed by atoms with Crippen LogP contribution in [0.25, 0.3) is 6.08 Å². The van der Waals surface area contributed by atoms with Crippen LogP contribution in [0.3, 0.4) is 0 Å². The Bertz CT molecular complexity index is 812. The second-order valence-corrected chi connectivity index (χ2v) is 4.58. The minimum absolute atomic E-state index is 0.348. The Labute approximate surface area is 134 Å². The quantitative estimate of drug-likeness (QED) is 0.627. The van der Waals surface area contributed by atoms with Gasteiger partial charge in [0, 0.05) is 5.69 Å². The van der Waals surface area contributed by atoms with Gasteiger partial charge in [-0.1, -0.05) is 24.8 Å². The third kappa shape index (κ3) is 3.32. The summed E-state index contributed by atoms with van der Waals surface area (Å²) in [4.78, 5) is 30.4. The van der Waals surface area contributed by atoms with Crippen molar-refractivity contribution in [3.05, 3.63) is 78.9 Å². The van der Waals surface area contributed by atoms with Gasteiger partial charge in [0.15, 0.2) is 5.69 Å². The molecule has 0 amide bonds. The molecule has 0 saturated heterocycles. The molecule has 122 valence electrons. The van der Waals surface area contributed by atoms with Crippen molar-refractivity contribution in [2.24, 2.45) is 0 Å². The summed E-state index contributed by atoms with van der Waals surface area (Å²) in [6.45, 7) is 3.58. The van der Waals surface area contributed by atoms with E-state index in [1.807, 2.05) is 0 Å². The number of nitrogens with one attached hydrogen (secondary N) is 1. The highest BCUT2D eigenvalue weighted by molar-refractivity contribution is 5.81. The van der Waals surface area contributed by atoms with E-state index in [0.717, 1.165) is 5.56 Å². The molecule has 0 bridgehead atoms. The number of rotatable bonds is 6. The fourth-order valence-corrected chi connectivity index (χ4v) is 1.97. The Kier molecular flexibility index (Phi) is 4.50. The van der Waals surface area contributed by atoms with Crippen molar-refractivity contribution in [2.45, 2.75) is 0 Å². The number of hydrogen-bond acceptors (Lipinski definition) is 7. The third-order valence-electron chi connectivity index (χ3n) is 3.10. The molecular formula is C14H10N4O6. The molecule has 0 unspecified atom stereocenters. The summed E-state index contributed by atoms with van der Waals surface area (Å²) in [7, 11) is 0. The monoisotopic (exact) mass is 330 g/mol. The number of hydrogen-bond donors (Lipinski definition) is 1. The number of anilines is 2. The van der Waals surface area contributed by atoms with Gasteiger partial charge in [0.2, 0.25) is 0 Å². The van der Waals surface area contributed by atoms with E-state index in [1.165, 1.54) is 0 Å². The van der Waals surface area contributed by atoms with Gasteiger partial charge in [-0.2, -0.15) is 0 Å². The van der Waals surface area contributed by atoms with Gasteiger partial charge in [0.25, 0.3) is 5.69 Å². The number of non-ortho nitro benzene ring substituents is 1. The highest BCUT2D eigenvalue weighted by Crippen LogP contribution is 2.40. The van der Waals surface area contributed by atoms with Gasteiger partial charge in [-0.15, -0.1) is 0 Å². The fraction of sp³-hybridized carbons (Fsp3) is 0. The molecule has 10 nitrogen and oxygen atoms in total. The van der Waals surface area contributed by atoms with E-state index >= 15 is 0 Å². The van der Waals surface area contributed by atoms with E-state index in [4.69, 9.17) is 0 Å². The molecule has 2 aromatic rings. The Morgan fingerprint density at radius 1 is 0.875 bits per heavy atom. The van der Waals surface area contributed by atoms with E-state index < -0.39 is 37.5 Å². The minimum atomic E-state index is -0.928. The summed E-state index contributed by atoms with van der Waals surface area (Å²) in [6, 6.07) is 7.75. The minimum Gasteiger partial charge on any atom is -0.344 e. The molecule has 0 fully saturated rings. The number of benzene rings is 2. The molecule has 0 aliphatic heterocycles. The zero-order chi connectivity index (χ0) is 17.9. The van der Waals surface area contributed by atoms with Gasteiger partial charge in [-0.25, -0.2) is 0 Å². The first-order chi connectivity index (χ1) is 11.3. The normalized spacial score (nSPS) is 10.0. The van der Waals surface area contributed by atoms with Crippen molar-refractivity contribution in [2.75, 3.05) is 5.32 Å². The predicted octanol–water partition coefficient (Wildman–Crippen LogP) is 3.80. The largest absolute Gasteiger partial charge is 0.344 e. The van der Waals surface area contributed by atoms with Crippen LogP contribution in [-0.2, 0) is 0 Å². The molecule has 0 saturated carbocycles. The highest BCUT2D eigenvalue weighted by atomic mass is 16.6. The van der Waals surface area contributed by atoms with Crippen molar-refractivity contribution < 1.29 is 14.8 Å². The molecule has 2 aromatic carbocycles. The van der Waals surface area contributed by atoms with Crippen LogP contribution < -0.4 is 5.32 Å². The lowest BCUT2D eigenvalue weighted by atomic mass is 10.1. The van der Waals surface area contributed by atoms with E-state index in [0.29, 0.717) is 17.8 Å². The first-order valence-corrected chi connectivity index (χ1v) is 6.44. The van der Waals surface area contributed by atoms with E-state index in [1.54, 1.807) is 30.3 Å². The smallest absolute Gasteiger partial charge is 0.306 e. The van der Waals surface area contributed by atoms with Gasteiger partial charge in [0.1, 0.15) is 0 Å². The average molecular weight is 330 g/mol. The van der Waals surface area contributed by atoms with Crippen LogP contribution in [0.15, 0.2) is 43.0 Å². The summed E-state index contributed by atoms with van der Waals surface area (Å²) < 4.78 is 0. The van der Waals surface area contributed by atoms with Gasteiger partial charge < -0.3 is 5.32 Å². The summed E-state index contributed by atoms with van der Waals surface area (Å²) in [6.07, 6.45) is 1.58. The van der Waals surface area contributed by atoms with Crippen LogP contribution in [0.4, 0.5) is 28.4 Å². The van der Waals surface area contributed by atoms with Crippen LogP contribution in [0.1, 0.15) is 5.56 Å². The molecule has 0 aliphatic carbocycles. The Balaban J connectivity index is 2.60. The van der Waals surface area contributed by atoms with Crippen LogP contribution in [-0.4, -0.2) is 14.8 Å². The van der Waals surface area contributed by atoms with Gasteiger partial charge >= 0.3 is 11.4 Å². The zero-order valence-corrected chi connectivity index (χ0v) is 12.0. The summed E-state index contributed by atoms with van der Waals surface area (Å²) in [5.41, 5.74) is -1.55. The Morgan fingerprint density at radius 3 is 1.75 bits per heavy atom. The number of nitrogens with zero attached hydrogens (tertiary/aromatic N) is 3. The summed E-state index contributed by atoms with van der Waals surface area (Å²) in [5, 5.41) is 35.7. The summed E-state index contributed by atoms with van der Waals surface area (Å²) in [5.74, 6) is 0. The summed E-state index contributed by atoms with van der Waals surface area (Å²) >= 11 is 0. The van der Waals surface area contributed by atoms with Crippen molar-refractivity contribution >= 4 is 34.5 Å². The Hall–Kier alpha value is -3.82. The van der Waals surface area contributed by atoms with Crippen molar-refractivity contribution in [1.29, 1.82) is 0 Å². The number of nitro groups is 3. The van der Waals surface area contributed by atoms with E-state index in [-0.39, 0.29) is 0 Å². The highest BCUT2D eigenvalue weighted by Gasteiger charge is 2.30. The molecule has 10 heteroatoms. The molecule has 0 aromatic heterocycles. The van der Waals surface area contributed by atoms with Gasteiger partial charge in [0.05, 0.1) is 26.9 Å². The van der Waals surface area contributed by atoms with Gasteiger partial charge in [-0.05, 0) is 17.7 Å². The Morgan fingerprint density at radius 2 is 1.38 bits per heavy atom. The van der Waals surface area contributed by atoms with Crippen LogP contribution in [0.5, 0.6) is 0 Å². The van der Waals surface area contributed by atoms with Crippen LogP contribution in [0, 0.1) is 30.3 Å². The SMILES string of the molecule is C=Cc1ccc(Nc2c([N+](=O)[O-])cc([N+](=O)[O-])cc2[N+](=O)[O-])cc1. The molecule has 24 heavy (non-hydrogen) atoms. The molecule has 0 heterocycles. The third-order valence-corrected chi connectivity index (χ3v) is 3.10. The second-order valence-electron chi connectivity index (χ2n) is 4.58. The first kappa shape index (κ1) is 16.5. The van der Waals surface area contributed by atoms with Crippen LogP contribution in [0.2, 0.25) is 0 Å². The van der Waals surface area contributed by atoms with Gasteiger partial charge in [-0.3, -0.25) is 30.3 Å². The maximum Gasteiger partial charge on any atom is 0.306 e. The lowest BCUT2D eigenvalue weighted by Gasteiger charge is -2.08. The maximum absolute atomic E-state index is 11.2.